The molecule has 0 aliphatic carbocycles. The maximum absolute atomic E-state index is 12.4. The van der Waals surface area contributed by atoms with E-state index in [1.165, 1.54) is 6.33 Å². The summed E-state index contributed by atoms with van der Waals surface area (Å²) < 4.78 is 27.4. The lowest BCUT2D eigenvalue weighted by Gasteiger charge is -2.13. The summed E-state index contributed by atoms with van der Waals surface area (Å²) in [4.78, 5) is 7.03. The Bertz CT molecular complexity index is 666. The second kappa shape index (κ2) is 6.84. The van der Waals surface area contributed by atoms with Crippen LogP contribution in [0.3, 0.4) is 0 Å². The van der Waals surface area contributed by atoms with Gasteiger partial charge in [0.05, 0.1) is 17.8 Å². The molecular formula is C14H20N4O2S. The van der Waals surface area contributed by atoms with Crippen LogP contribution in [0.5, 0.6) is 0 Å². The van der Waals surface area contributed by atoms with Crippen LogP contribution in [0.25, 0.3) is 0 Å². The first-order valence-corrected chi connectivity index (χ1v) is 8.25. The Kier molecular flexibility index (Phi) is 5.11. The molecule has 0 atom stereocenters. The molecule has 2 rings (SSSR count). The SMILES string of the molecule is CC(C)NCc1ccccc1S(=O)(=O)NCc1cnc[nH]1. The van der Waals surface area contributed by atoms with Crippen LogP contribution in [0.2, 0.25) is 0 Å². The van der Waals surface area contributed by atoms with Crippen molar-refractivity contribution in [3.05, 3.63) is 48.0 Å². The molecule has 2 aromatic rings. The van der Waals surface area contributed by atoms with Crippen LogP contribution >= 0.6 is 0 Å². The van der Waals surface area contributed by atoms with Crippen molar-refractivity contribution in [1.29, 1.82) is 0 Å². The molecule has 0 aliphatic heterocycles. The maximum Gasteiger partial charge on any atom is 0.241 e. The molecule has 0 amide bonds. The molecule has 1 aromatic carbocycles. The van der Waals surface area contributed by atoms with Crippen molar-refractivity contribution < 1.29 is 8.42 Å². The van der Waals surface area contributed by atoms with Gasteiger partial charge in [-0.2, -0.15) is 0 Å². The normalized spacial score (nSPS) is 12.0. The molecule has 0 unspecified atom stereocenters. The molecule has 7 heteroatoms. The largest absolute Gasteiger partial charge is 0.347 e. The molecule has 6 nitrogen and oxygen atoms in total. The second-order valence-electron chi connectivity index (χ2n) is 5.04. The minimum Gasteiger partial charge on any atom is -0.347 e. The minimum atomic E-state index is -3.55. The number of nitrogens with zero attached hydrogens (tertiary/aromatic N) is 1. The smallest absolute Gasteiger partial charge is 0.241 e. The first-order chi connectivity index (χ1) is 9.99. The van der Waals surface area contributed by atoms with E-state index in [4.69, 9.17) is 0 Å². The van der Waals surface area contributed by atoms with Crippen LogP contribution in [-0.4, -0.2) is 24.4 Å². The van der Waals surface area contributed by atoms with Crippen molar-refractivity contribution in [2.45, 2.75) is 37.9 Å². The molecule has 0 spiro atoms. The standard InChI is InChI=1S/C14H20N4O2S/c1-11(2)16-7-12-5-3-4-6-14(12)21(19,20)18-9-13-8-15-10-17-13/h3-6,8,10-11,16,18H,7,9H2,1-2H3,(H,15,17). The summed E-state index contributed by atoms with van der Waals surface area (Å²) in [6, 6.07) is 7.29. The van der Waals surface area contributed by atoms with E-state index >= 15 is 0 Å². The highest BCUT2D eigenvalue weighted by molar-refractivity contribution is 7.89. The third-order valence-corrected chi connectivity index (χ3v) is 4.47. The average molecular weight is 308 g/mol. The number of aromatic amines is 1. The van der Waals surface area contributed by atoms with Gasteiger partial charge in [-0.1, -0.05) is 32.0 Å². The van der Waals surface area contributed by atoms with E-state index in [2.05, 4.69) is 20.0 Å². The van der Waals surface area contributed by atoms with Gasteiger partial charge in [0.1, 0.15) is 0 Å². The van der Waals surface area contributed by atoms with Crippen molar-refractivity contribution in [3.63, 3.8) is 0 Å². The lowest BCUT2D eigenvalue weighted by Crippen LogP contribution is -2.27. The Morgan fingerprint density at radius 2 is 2.00 bits per heavy atom. The predicted molar refractivity (Wildman–Crippen MR) is 81.0 cm³/mol. The first kappa shape index (κ1) is 15.7. The molecule has 0 aliphatic rings. The van der Waals surface area contributed by atoms with E-state index in [1.54, 1.807) is 18.3 Å². The Morgan fingerprint density at radius 1 is 1.24 bits per heavy atom. The number of nitrogens with one attached hydrogen (secondary N) is 3. The van der Waals surface area contributed by atoms with Crippen LogP contribution in [0.1, 0.15) is 25.1 Å². The van der Waals surface area contributed by atoms with Crippen LogP contribution in [-0.2, 0) is 23.1 Å². The molecule has 3 N–H and O–H groups in total. The number of imidazole rings is 1. The number of hydrogen-bond acceptors (Lipinski definition) is 4. The van der Waals surface area contributed by atoms with Crippen molar-refractivity contribution in [2.24, 2.45) is 0 Å². The lowest BCUT2D eigenvalue weighted by atomic mass is 10.2. The second-order valence-corrected chi connectivity index (χ2v) is 6.78. The number of rotatable bonds is 7. The number of H-pyrrole nitrogens is 1. The van der Waals surface area contributed by atoms with E-state index in [0.717, 1.165) is 11.3 Å². The highest BCUT2D eigenvalue weighted by Gasteiger charge is 2.17. The van der Waals surface area contributed by atoms with Crippen molar-refractivity contribution in [3.8, 4) is 0 Å². The van der Waals surface area contributed by atoms with E-state index in [9.17, 15) is 8.42 Å². The van der Waals surface area contributed by atoms with E-state index < -0.39 is 10.0 Å². The fourth-order valence-corrected chi connectivity index (χ4v) is 3.10. The average Bonchev–Trinajstić information content (AvgIpc) is 2.97. The maximum atomic E-state index is 12.4. The Hall–Kier alpha value is -1.70. The highest BCUT2D eigenvalue weighted by atomic mass is 32.2. The van der Waals surface area contributed by atoms with Gasteiger partial charge in [-0.25, -0.2) is 18.1 Å². The summed E-state index contributed by atoms with van der Waals surface area (Å²) in [5, 5.41) is 3.24. The summed E-state index contributed by atoms with van der Waals surface area (Å²) in [6.45, 7) is 4.74. The fourth-order valence-electron chi connectivity index (χ4n) is 1.86. The fraction of sp³-hybridized carbons (Fsp3) is 0.357. The van der Waals surface area contributed by atoms with Crippen LogP contribution in [0, 0.1) is 0 Å². The van der Waals surface area contributed by atoms with Crippen molar-refractivity contribution in [2.75, 3.05) is 0 Å². The Morgan fingerprint density at radius 3 is 2.67 bits per heavy atom. The van der Waals surface area contributed by atoms with Crippen LogP contribution < -0.4 is 10.0 Å². The number of aromatic nitrogens is 2. The zero-order valence-corrected chi connectivity index (χ0v) is 12.9. The van der Waals surface area contributed by atoms with Crippen LogP contribution in [0.15, 0.2) is 41.7 Å². The molecule has 0 bridgehead atoms. The van der Waals surface area contributed by atoms with Gasteiger partial charge in [-0.3, -0.25) is 0 Å². The van der Waals surface area contributed by atoms with Crippen LogP contribution in [0.4, 0.5) is 0 Å². The van der Waals surface area contributed by atoms with E-state index in [0.29, 0.717) is 17.5 Å². The monoisotopic (exact) mass is 308 g/mol. The lowest BCUT2D eigenvalue weighted by molar-refractivity contribution is 0.567. The van der Waals surface area contributed by atoms with Gasteiger partial charge >= 0.3 is 0 Å². The molecule has 0 radical (unpaired) electrons. The number of hydrogen-bond donors (Lipinski definition) is 3. The molecule has 114 valence electrons. The quantitative estimate of drug-likeness (QED) is 0.721. The molecule has 0 saturated heterocycles. The number of benzene rings is 1. The third-order valence-electron chi connectivity index (χ3n) is 2.97. The highest BCUT2D eigenvalue weighted by Crippen LogP contribution is 2.15. The summed E-state index contributed by atoms with van der Waals surface area (Å²) in [7, 11) is -3.55. The zero-order valence-electron chi connectivity index (χ0n) is 12.1. The van der Waals surface area contributed by atoms with Gasteiger partial charge in [0.25, 0.3) is 0 Å². The molecular weight excluding hydrogens is 288 g/mol. The Labute approximate surface area is 125 Å². The van der Waals surface area contributed by atoms with Gasteiger partial charge < -0.3 is 10.3 Å². The van der Waals surface area contributed by atoms with E-state index in [-0.39, 0.29) is 6.54 Å². The Balaban J connectivity index is 2.15. The molecule has 0 fully saturated rings. The predicted octanol–water partition coefficient (Wildman–Crippen LogP) is 1.39. The minimum absolute atomic E-state index is 0.189. The topological polar surface area (TPSA) is 86.9 Å². The van der Waals surface area contributed by atoms with Crippen molar-refractivity contribution >= 4 is 10.0 Å². The molecule has 1 heterocycles. The molecule has 1 aromatic heterocycles. The van der Waals surface area contributed by atoms with Gasteiger partial charge in [-0.15, -0.1) is 0 Å². The summed E-state index contributed by atoms with van der Waals surface area (Å²) in [5.74, 6) is 0. The van der Waals surface area contributed by atoms with Gasteiger partial charge in [0.2, 0.25) is 10.0 Å². The van der Waals surface area contributed by atoms with Gasteiger partial charge in [0, 0.05) is 24.5 Å². The molecule has 0 saturated carbocycles. The van der Waals surface area contributed by atoms with Crippen molar-refractivity contribution in [1.82, 2.24) is 20.0 Å². The zero-order chi connectivity index (χ0) is 15.3. The molecule has 21 heavy (non-hydrogen) atoms. The first-order valence-electron chi connectivity index (χ1n) is 6.77. The van der Waals surface area contributed by atoms with Gasteiger partial charge in [0.15, 0.2) is 0 Å². The third kappa shape index (κ3) is 4.38. The number of sulfonamides is 1. The van der Waals surface area contributed by atoms with E-state index in [1.807, 2.05) is 26.0 Å². The summed E-state index contributed by atoms with van der Waals surface area (Å²) in [6.07, 6.45) is 3.11. The summed E-state index contributed by atoms with van der Waals surface area (Å²) >= 11 is 0. The summed E-state index contributed by atoms with van der Waals surface area (Å²) in [5.41, 5.74) is 1.47. The van der Waals surface area contributed by atoms with Gasteiger partial charge in [-0.05, 0) is 11.6 Å².